The number of hydrogen-bond acceptors (Lipinski definition) is 4. The average Bonchev–Trinajstić information content (AvgIpc) is 2.01. The quantitative estimate of drug-likeness (QED) is 0.472. The van der Waals surface area contributed by atoms with E-state index in [-0.39, 0.29) is 35.2 Å². The molecule has 0 atom stereocenters. The van der Waals surface area contributed by atoms with Crippen LogP contribution in [-0.2, 0) is 10.3 Å². The summed E-state index contributed by atoms with van der Waals surface area (Å²) in [5.41, 5.74) is 1.09. The van der Waals surface area contributed by atoms with Gasteiger partial charge in [-0.15, -0.1) is 0 Å². The Hall–Kier alpha value is -0.270. The smallest absolute Gasteiger partial charge is 0.731 e. The molecule has 1 aromatic carbocycles. The molecule has 7 heteroatoms. The molecule has 0 aromatic heterocycles. The summed E-state index contributed by atoms with van der Waals surface area (Å²) in [6.07, 6.45) is 0. The molecule has 0 saturated heterocycles. The van der Waals surface area contributed by atoms with Crippen molar-refractivity contribution in [1.82, 2.24) is 0 Å². The number of hydrogen-bond donors (Lipinski definition) is 1. The van der Waals surface area contributed by atoms with Crippen molar-refractivity contribution in [2.45, 2.75) is 0 Å². The monoisotopic (exact) mass is 238 g/mol. The van der Waals surface area contributed by atoms with Gasteiger partial charge in [0.2, 0.25) is 0 Å². The van der Waals surface area contributed by atoms with E-state index in [0.29, 0.717) is 0 Å². The largest absolute Gasteiger partial charge is 1.00 e. The molecule has 0 saturated carbocycles. The van der Waals surface area contributed by atoms with E-state index < -0.39 is 10.3 Å². The summed E-state index contributed by atoms with van der Waals surface area (Å²) in [5.74, 6) is 0. The normalized spacial score (nSPS) is 10.3. The van der Waals surface area contributed by atoms with Gasteiger partial charge in [-0.25, -0.2) is 8.42 Å². The summed E-state index contributed by atoms with van der Waals surface area (Å²) in [6, 6.07) is 6.57. The van der Waals surface area contributed by atoms with E-state index in [2.05, 4.69) is 0 Å². The average molecular weight is 238 g/mol. The summed E-state index contributed by atoms with van der Waals surface area (Å²) in [4.78, 5) is 1.81. The van der Waals surface area contributed by atoms with Crippen LogP contribution in [0.2, 0.25) is 0 Å². The van der Waals surface area contributed by atoms with Crippen molar-refractivity contribution in [3.05, 3.63) is 24.3 Å². The second-order valence-corrected chi connectivity index (χ2v) is 4.11. The van der Waals surface area contributed by atoms with E-state index in [1.165, 1.54) is 6.07 Å². The fourth-order valence-electron chi connectivity index (χ4n) is 0.992. The van der Waals surface area contributed by atoms with Gasteiger partial charge in [0.15, 0.2) is 10.3 Å². The molecule has 1 aromatic rings. The van der Waals surface area contributed by atoms with Crippen molar-refractivity contribution in [2.24, 2.45) is 0 Å². The van der Waals surface area contributed by atoms with Gasteiger partial charge in [-0.3, -0.25) is 4.72 Å². The van der Waals surface area contributed by atoms with Crippen LogP contribution in [0.1, 0.15) is 0 Å². The standard InChI is InChI=1S/C8H12N2O3S.Na/c1-10(2)8-5-3-4-7(6-8)9-14(11,12)13;/h3-6,9H,1-2H3,(H,11,12,13);/q;+1/p-1. The van der Waals surface area contributed by atoms with Crippen molar-refractivity contribution in [1.29, 1.82) is 0 Å². The number of nitrogens with zero attached hydrogens (tertiary/aromatic N) is 1. The molecule has 1 rings (SSSR count). The molecule has 0 amide bonds. The van der Waals surface area contributed by atoms with Gasteiger partial charge in [0.1, 0.15) is 0 Å². The van der Waals surface area contributed by atoms with Gasteiger partial charge in [0.05, 0.1) is 0 Å². The number of rotatable bonds is 3. The Bertz CT molecular complexity index is 420. The number of nitrogens with one attached hydrogen (secondary N) is 1. The Morgan fingerprint density at radius 2 is 1.93 bits per heavy atom. The summed E-state index contributed by atoms with van der Waals surface area (Å²) in [7, 11) is -0.790. The third-order valence-corrected chi connectivity index (χ3v) is 2.09. The van der Waals surface area contributed by atoms with Gasteiger partial charge in [0, 0.05) is 25.5 Å². The third-order valence-electron chi connectivity index (χ3n) is 1.61. The SMILES string of the molecule is CN(C)c1cccc(NS(=O)(=O)[O-])c1.[Na+]. The van der Waals surface area contributed by atoms with Crippen molar-refractivity contribution < 1.29 is 42.5 Å². The zero-order valence-electron chi connectivity index (χ0n) is 8.89. The van der Waals surface area contributed by atoms with Crippen LogP contribution in [0.3, 0.4) is 0 Å². The van der Waals surface area contributed by atoms with Crippen molar-refractivity contribution in [2.75, 3.05) is 23.7 Å². The van der Waals surface area contributed by atoms with Crippen molar-refractivity contribution >= 4 is 21.7 Å². The maximum atomic E-state index is 10.4. The van der Waals surface area contributed by atoms with Crippen LogP contribution in [0.5, 0.6) is 0 Å². The molecule has 0 aliphatic heterocycles. The molecule has 0 unspecified atom stereocenters. The predicted octanol–water partition coefficient (Wildman–Crippen LogP) is -2.37. The molecule has 0 fully saturated rings. The van der Waals surface area contributed by atoms with Gasteiger partial charge in [0.25, 0.3) is 0 Å². The fourth-order valence-corrected chi connectivity index (χ4v) is 1.41. The van der Waals surface area contributed by atoms with E-state index >= 15 is 0 Å². The minimum Gasteiger partial charge on any atom is -0.731 e. The van der Waals surface area contributed by atoms with E-state index in [1.807, 2.05) is 29.8 Å². The van der Waals surface area contributed by atoms with Gasteiger partial charge >= 0.3 is 29.6 Å². The van der Waals surface area contributed by atoms with Crippen molar-refractivity contribution in [3.63, 3.8) is 0 Å². The van der Waals surface area contributed by atoms with Gasteiger partial charge in [-0.05, 0) is 18.2 Å². The third kappa shape index (κ3) is 5.39. The molecule has 78 valence electrons. The molecular weight excluding hydrogens is 227 g/mol. The molecular formula is C8H11N2NaO3S. The number of benzene rings is 1. The van der Waals surface area contributed by atoms with Crippen molar-refractivity contribution in [3.8, 4) is 0 Å². The molecule has 0 aliphatic carbocycles. The summed E-state index contributed by atoms with van der Waals surface area (Å²) >= 11 is 0. The molecule has 1 N–H and O–H groups in total. The fraction of sp³-hybridized carbons (Fsp3) is 0.250. The van der Waals surface area contributed by atoms with Crippen LogP contribution in [-0.4, -0.2) is 27.1 Å². The topological polar surface area (TPSA) is 72.5 Å². The first-order chi connectivity index (χ1) is 6.38. The zero-order chi connectivity index (χ0) is 10.8. The Balaban J connectivity index is 0.00000196. The molecule has 0 radical (unpaired) electrons. The predicted molar refractivity (Wildman–Crippen MR) is 54.1 cm³/mol. The zero-order valence-corrected chi connectivity index (χ0v) is 11.7. The Labute approximate surface area is 112 Å². The molecule has 0 aliphatic rings. The maximum absolute atomic E-state index is 10.4. The van der Waals surface area contributed by atoms with E-state index in [1.54, 1.807) is 12.1 Å². The first-order valence-corrected chi connectivity index (χ1v) is 5.30. The minimum atomic E-state index is -4.44. The number of anilines is 2. The van der Waals surface area contributed by atoms with Crippen LogP contribution < -0.4 is 39.2 Å². The molecule has 0 spiro atoms. The first-order valence-electron chi connectivity index (χ1n) is 3.89. The van der Waals surface area contributed by atoms with Crippen LogP contribution in [0.4, 0.5) is 11.4 Å². The Morgan fingerprint density at radius 3 is 2.40 bits per heavy atom. The van der Waals surface area contributed by atoms with Gasteiger partial charge in [-0.1, -0.05) is 6.07 Å². The van der Waals surface area contributed by atoms with Gasteiger partial charge in [-0.2, -0.15) is 0 Å². The molecule has 0 heterocycles. The van der Waals surface area contributed by atoms with Gasteiger partial charge < -0.3 is 9.45 Å². The second kappa shape index (κ2) is 5.72. The van der Waals surface area contributed by atoms with E-state index in [9.17, 15) is 13.0 Å². The first kappa shape index (κ1) is 14.7. The Morgan fingerprint density at radius 1 is 1.33 bits per heavy atom. The van der Waals surface area contributed by atoms with E-state index in [4.69, 9.17) is 0 Å². The Kier molecular flexibility index (Phi) is 5.61. The summed E-state index contributed by atoms with van der Waals surface area (Å²) < 4.78 is 33.1. The van der Waals surface area contributed by atoms with Crippen LogP contribution in [0.25, 0.3) is 0 Å². The molecule has 15 heavy (non-hydrogen) atoms. The molecule has 5 nitrogen and oxygen atoms in total. The van der Waals surface area contributed by atoms with E-state index in [0.717, 1.165) is 5.69 Å². The summed E-state index contributed by atoms with van der Waals surface area (Å²) in [6.45, 7) is 0. The maximum Gasteiger partial charge on any atom is 1.00 e. The van der Waals surface area contributed by atoms with Crippen LogP contribution in [0.15, 0.2) is 24.3 Å². The summed E-state index contributed by atoms with van der Waals surface area (Å²) in [5, 5.41) is 0. The van der Waals surface area contributed by atoms with Crippen LogP contribution >= 0.6 is 0 Å². The molecule has 0 bridgehead atoms. The minimum absolute atomic E-state index is 0. The second-order valence-electron chi connectivity index (χ2n) is 3.00. The van der Waals surface area contributed by atoms with Crippen LogP contribution in [0, 0.1) is 0 Å².